The number of non-ortho nitro benzene ring substituents is 1. The van der Waals surface area contributed by atoms with Crippen molar-refractivity contribution >= 4 is 46.3 Å². The van der Waals surface area contributed by atoms with Crippen molar-refractivity contribution in [2.24, 2.45) is 4.99 Å². The van der Waals surface area contributed by atoms with Gasteiger partial charge in [-0.1, -0.05) is 65.4 Å². The number of halogens is 1. The van der Waals surface area contributed by atoms with Gasteiger partial charge in [-0.3, -0.25) is 24.3 Å². The van der Waals surface area contributed by atoms with Crippen LogP contribution in [0.4, 0.5) is 11.4 Å². The third kappa shape index (κ3) is 6.47. The molecule has 224 valence electrons. The Morgan fingerprint density at radius 3 is 2.38 bits per heavy atom. The highest BCUT2D eigenvalue weighted by Gasteiger charge is 2.32. The van der Waals surface area contributed by atoms with E-state index in [9.17, 15) is 19.7 Å². The Morgan fingerprint density at radius 2 is 1.71 bits per heavy atom. The molecule has 2 heterocycles. The lowest BCUT2D eigenvalue weighted by molar-refractivity contribution is -0.384. The predicted molar refractivity (Wildman–Crippen MR) is 174 cm³/mol. The quantitative estimate of drug-likeness (QED) is 0.165. The average Bonchev–Trinajstić information content (AvgIpc) is 3.34. The average molecular weight is 637 g/mol. The van der Waals surface area contributed by atoms with Crippen LogP contribution in [0.1, 0.15) is 29.7 Å². The first kappa shape index (κ1) is 29.7. The maximum absolute atomic E-state index is 13.9. The number of carbonyl (C=O) groups excluding carboxylic acids is 1. The van der Waals surface area contributed by atoms with Crippen molar-refractivity contribution in [3.8, 4) is 5.75 Å². The lowest BCUT2D eigenvalue weighted by atomic mass is 9.95. The van der Waals surface area contributed by atoms with Gasteiger partial charge in [0, 0.05) is 22.8 Å². The molecule has 0 fully saturated rings. The molecule has 4 aromatic carbocycles. The second-order valence-electron chi connectivity index (χ2n) is 10.2. The summed E-state index contributed by atoms with van der Waals surface area (Å²) in [5.41, 5.74) is 3.59. The van der Waals surface area contributed by atoms with Crippen molar-refractivity contribution in [3.05, 3.63) is 166 Å². The van der Waals surface area contributed by atoms with E-state index < -0.39 is 11.0 Å². The van der Waals surface area contributed by atoms with Gasteiger partial charge in [-0.25, -0.2) is 4.99 Å². The summed E-state index contributed by atoms with van der Waals surface area (Å²) in [6, 6.07) is 29.0. The molecule has 9 nitrogen and oxygen atoms in total. The van der Waals surface area contributed by atoms with Gasteiger partial charge in [0.25, 0.3) is 17.2 Å². The van der Waals surface area contributed by atoms with Gasteiger partial charge in [0.1, 0.15) is 12.4 Å². The minimum atomic E-state index is -0.709. The van der Waals surface area contributed by atoms with E-state index in [1.54, 1.807) is 66.1 Å². The number of allylic oxidation sites excluding steroid dienone is 1. The highest BCUT2D eigenvalue weighted by molar-refractivity contribution is 7.07. The van der Waals surface area contributed by atoms with E-state index in [2.05, 4.69) is 10.3 Å². The van der Waals surface area contributed by atoms with Crippen LogP contribution < -0.4 is 24.9 Å². The maximum Gasteiger partial charge on any atom is 0.271 e. The Morgan fingerprint density at radius 1 is 1.02 bits per heavy atom. The molecule has 11 heteroatoms. The standard InChI is InChI=1S/C34H25ClN4O5S/c1-21-30(32(40)37-26-5-3-2-4-6-26)31(24-11-13-25(35)14-12-24)38-33(41)29(45-34(38)36-21)19-22-9-17-28(18-10-22)44-20-23-7-15-27(16-8-23)39(42)43/h2-19,31H,20H2,1H3,(H,37,40)/b29-19-. The van der Waals surface area contributed by atoms with Crippen LogP contribution >= 0.6 is 22.9 Å². The number of benzene rings is 4. The molecule has 0 saturated heterocycles. The molecule has 1 aromatic heterocycles. The van der Waals surface area contributed by atoms with Crippen molar-refractivity contribution in [1.29, 1.82) is 0 Å². The van der Waals surface area contributed by atoms with Gasteiger partial charge in [-0.05, 0) is 78.2 Å². The zero-order valence-electron chi connectivity index (χ0n) is 23.8. The monoisotopic (exact) mass is 636 g/mol. The Balaban J connectivity index is 1.30. The van der Waals surface area contributed by atoms with Crippen LogP contribution in [-0.2, 0) is 11.4 Å². The topological polar surface area (TPSA) is 116 Å². The summed E-state index contributed by atoms with van der Waals surface area (Å²) in [5.74, 6) is 0.264. The van der Waals surface area contributed by atoms with E-state index in [-0.39, 0.29) is 23.8 Å². The van der Waals surface area contributed by atoms with Crippen molar-refractivity contribution < 1.29 is 14.5 Å². The second-order valence-corrected chi connectivity index (χ2v) is 11.7. The number of thiazole rings is 1. The van der Waals surface area contributed by atoms with Gasteiger partial charge >= 0.3 is 0 Å². The van der Waals surface area contributed by atoms with Crippen molar-refractivity contribution in [2.45, 2.75) is 19.6 Å². The molecule has 0 bridgehead atoms. The fourth-order valence-electron chi connectivity index (χ4n) is 4.98. The fraction of sp³-hybridized carbons (Fsp3) is 0.0882. The molecule has 1 unspecified atom stereocenters. The first-order valence-electron chi connectivity index (χ1n) is 13.9. The third-order valence-electron chi connectivity index (χ3n) is 7.21. The molecule has 1 aliphatic rings. The van der Waals surface area contributed by atoms with Gasteiger partial charge in [0.05, 0.1) is 26.8 Å². The molecule has 6 rings (SSSR count). The number of ether oxygens (including phenoxy) is 1. The van der Waals surface area contributed by atoms with Crippen LogP contribution in [-0.4, -0.2) is 15.4 Å². The van der Waals surface area contributed by atoms with Gasteiger partial charge in [-0.2, -0.15) is 0 Å². The highest BCUT2D eigenvalue weighted by atomic mass is 35.5. The molecule has 0 spiro atoms. The number of amides is 1. The lowest BCUT2D eigenvalue weighted by Crippen LogP contribution is -2.40. The molecule has 1 aliphatic heterocycles. The number of carbonyl (C=O) groups is 1. The third-order valence-corrected chi connectivity index (χ3v) is 8.45. The highest BCUT2D eigenvalue weighted by Crippen LogP contribution is 2.31. The number of anilines is 1. The number of hydrogen-bond acceptors (Lipinski definition) is 7. The van der Waals surface area contributed by atoms with E-state index >= 15 is 0 Å². The SMILES string of the molecule is CC1=C(C(=O)Nc2ccccc2)C(c2ccc(Cl)cc2)n2c(s/c(=C\c3ccc(OCc4ccc([N+](=O)[O-])cc4)cc3)c2=O)=N1. The van der Waals surface area contributed by atoms with Crippen LogP contribution in [0.2, 0.25) is 5.02 Å². The summed E-state index contributed by atoms with van der Waals surface area (Å²) in [6.45, 7) is 2.02. The van der Waals surface area contributed by atoms with Gasteiger partial charge in [-0.15, -0.1) is 0 Å². The predicted octanol–water partition coefficient (Wildman–Crippen LogP) is 6.01. The molecule has 1 N–H and O–H groups in total. The van der Waals surface area contributed by atoms with Crippen molar-refractivity contribution in [3.63, 3.8) is 0 Å². The van der Waals surface area contributed by atoms with Gasteiger partial charge in [0.2, 0.25) is 0 Å². The van der Waals surface area contributed by atoms with Crippen molar-refractivity contribution in [1.82, 2.24) is 4.57 Å². The Labute approximate surface area is 266 Å². The molecule has 0 saturated carbocycles. The smallest absolute Gasteiger partial charge is 0.271 e. The van der Waals surface area contributed by atoms with Crippen LogP contribution in [0.15, 0.2) is 124 Å². The molecular weight excluding hydrogens is 612 g/mol. The number of hydrogen-bond donors (Lipinski definition) is 1. The van der Waals surface area contributed by atoms with Gasteiger partial charge < -0.3 is 10.1 Å². The number of nitrogens with zero attached hydrogens (tertiary/aromatic N) is 3. The minimum absolute atomic E-state index is 0.0229. The molecule has 1 amide bonds. The van der Waals surface area contributed by atoms with Crippen molar-refractivity contribution in [2.75, 3.05) is 5.32 Å². The van der Waals surface area contributed by atoms with Crippen LogP contribution in [0.5, 0.6) is 5.75 Å². The molecule has 5 aromatic rings. The number of nitrogens with one attached hydrogen (secondary N) is 1. The summed E-state index contributed by atoms with van der Waals surface area (Å²) in [4.78, 5) is 43.2. The fourth-order valence-corrected chi connectivity index (χ4v) is 6.16. The lowest BCUT2D eigenvalue weighted by Gasteiger charge is -2.25. The number of aromatic nitrogens is 1. The first-order chi connectivity index (χ1) is 21.8. The molecular formula is C34H25ClN4O5S. The Kier molecular flexibility index (Phi) is 8.41. The minimum Gasteiger partial charge on any atom is -0.489 e. The van der Waals surface area contributed by atoms with E-state index in [0.717, 1.165) is 16.7 Å². The van der Waals surface area contributed by atoms with E-state index in [1.807, 2.05) is 42.5 Å². The van der Waals surface area contributed by atoms with Gasteiger partial charge in [0.15, 0.2) is 4.80 Å². The summed E-state index contributed by atoms with van der Waals surface area (Å²) in [5, 5.41) is 14.4. The Hall–Kier alpha value is -5.32. The number of rotatable bonds is 8. The van der Waals surface area contributed by atoms with E-state index in [4.69, 9.17) is 16.3 Å². The van der Waals surface area contributed by atoms with Crippen LogP contribution in [0.3, 0.4) is 0 Å². The van der Waals surface area contributed by atoms with Crippen LogP contribution in [0, 0.1) is 10.1 Å². The maximum atomic E-state index is 13.9. The Bertz CT molecular complexity index is 2110. The second kappa shape index (κ2) is 12.7. The number of nitro groups is 1. The summed E-state index contributed by atoms with van der Waals surface area (Å²) < 4.78 is 7.86. The van der Waals surface area contributed by atoms with E-state index in [0.29, 0.717) is 37.1 Å². The summed E-state index contributed by atoms with van der Waals surface area (Å²) in [6.07, 6.45) is 1.78. The summed E-state index contributed by atoms with van der Waals surface area (Å²) >= 11 is 7.43. The molecule has 1 atom stereocenters. The number of fused-ring (bicyclic) bond motifs is 1. The first-order valence-corrected chi connectivity index (χ1v) is 15.1. The number of nitro benzene ring substituents is 1. The molecule has 45 heavy (non-hydrogen) atoms. The van der Waals surface area contributed by atoms with E-state index in [1.165, 1.54) is 23.5 Å². The normalized spacial score (nSPS) is 14.4. The number of para-hydroxylation sites is 1. The van der Waals surface area contributed by atoms with Crippen LogP contribution in [0.25, 0.3) is 6.08 Å². The zero-order chi connectivity index (χ0) is 31.5. The largest absolute Gasteiger partial charge is 0.489 e. The zero-order valence-corrected chi connectivity index (χ0v) is 25.4. The molecule has 0 aliphatic carbocycles. The molecule has 0 radical (unpaired) electrons. The summed E-state index contributed by atoms with van der Waals surface area (Å²) in [7, 11) is 0.